The number of sulfone groups is 1. The molecule has 126 valence electrons. The third kappa shape index (κ3) is 3.35. The van der Waals surface area contributed by atoms with Crippen molar-refractivity contribution in [2.75, 3.05) is 0 Å². The summed E-state index contributed by atoms with van der Waals surface area (Å²) in [6.45, 7) is 6.31. The van der Waals surface area contributed by atoms with Crippen LogP contribution in [0.15, 0.2) is 4.79 Å². The monoisotopic (exact) mass is 354 g/mol. The van der Waals surface area contributed by atoms with Gasteiger partial charge in [0.1, 0.15) is 16.4 Å². The van der Waals surface area contributed by atoms with Gasteiger partial charge in [0.25, 0.3) is 5.56 Å². The molecule has 1 saturated carbocycles. The quantitative estimate of drug-likeness (QED) is 0.865. The zero-order chi connectivity index (χ0) is 16.8. The van der Waals surface area contributed by atoms with Crippen LogP contribution >= 0.6 is 11.3 Å². The van der Waals surface area contributed by atoms with Gasteiger partial charge in [-0.1, -0.05) is 20.3 Å². The molecule has 0 spiro atoms. The molecule has 1 unspecified atom stereocenters. The largest absolute Gasteiger partial charge is 0.309 e. The van der Waals surface area contributed by atoms with Crippen LogP contribution in [0.4, 0.5) is 0 Å². The van der Waals surface area contributed by atoms with E-state index in [2.05, 4.69) is 23.8 Å². The molecule has 0 saturated heterocycles. The Hall–Kier alpha value is -1.21. The summed E-state index contributed by atoms with van der Waals surface area (Å²) in [6, 6.07) is 0. The van der Waals surface area contributed by atoms with Crippen molar-refractivity contribution in [2.24, 2.45) is 5.92 Å². The van der Waals surface area contributed by atoms with Crippen LogP contribution in [0.3, 0.4) is 0 Å². The molecule has 0 radical (unpaired) electrons. The Kier molecular flexibility index (Phi) is 4.35. The SMILES string of the molecule is CCC(C)Cc1c(C)sc2nc(CS(=O)(=O)C3CC3)[nH]c(=O)c12. The van der Waals surface area contributed by atoms with Gasteiger partial charge in [-0.2, -0.15) is 0 Å². The average Bonchev–Trinajstić information content (AvgIpc) is 3.26. The molecule has 3 rings (SSSR count). The van der Waals surface area contributed by atoms with Crippen molar-refractivity contribution in [2.45, 2.75) is 57.5 Å². The first kappa shape index (κ1) is 16.6. The normalized spacial score (nSPS) is 16.8. The minimum Gasteiger partial charge on any atom is -0.309 e. The van der Waals surface area contributed by atoms with Crippen LogP contribution in [0, 0.1) is 12.8 Å². The van der Waals surface area contributed by atoms with Crippen molar-refractivity contribution in [3.63, 3.8) is 0 Å². The number of fused-ring (bicyclic) bond motifs is 1. The topological polar surface area (TPSA) is 79.9 Å². The lowest BCUT2D eigenvalue weighted by Gasteiger charge is -2.08. The maximum atomic E-state index is 12.5. The second kappa shape index (κ2) is 6.02. The molecule has 1 aliphatic carbocycles. The van der Waals surface area contributed by atoms with Gasteiger partial charge in [0, 0.05) is 4.88 Å². The fourth-order valence-corrected chi connectivity index (χ4v) is 5.44. The standard InChI is InChI=1S/C16H22N2O3S2/c1-4-9(2)7-12-10(3)22-16-14(12)15(19)17-13(18-16)8-23(20,21)11-5-6-11/h9,11H,4-8H2,1-3H3,(H,17,18,19). The first-order valence-electron chi connectivity index (χ1n) is 8.04. The highest BCUT2D eigenvalue weighted by Gasteiger charge is 2.36. The Balaban J connectivity index is 2.01. The summed E-state index contributed by atoms with van der Waals surface area (Å²) < 4.78 is 24.2. The van der Waals surface area contributed by atoms with Gasteiger partial charge in [-0.3, -0.25) is 4.79 Å². The number of hydrogen-bond acceptors (Lipinski definition) is 5. The van der Waals surface area contributed by atoms with Gasteiger partial charge in [0.2, 0.25) is 0 Å². The number of hydrogen-bond donors (Lipinski definition) is 1. The molecule has 1 aliphatic rings. The Bertz CT molecular complexity index is 892. The van der Waals surface area contributed by atoms with Crippen LogP contribution in [-0.4, -0.2) is 23.6 Å². The van der Waals surface area contributed by atoms with E-state index in [0.29, 0.717) is 16.1 Å². The number of H-pyrrole nitrogens is 1. The van der Waals surface area contributed by atoms with Gasteiger partial charge in [-0.25, -0.2) is 13.4 Å². The zero-order valence-electron chi connectivity index (χ0n) is 13.7. The molecule has 5 nitrogen and oxygen atoms in total. The molecule has 0 amide bonds. The molecule has 0 bridgehead atoms. The lowest BCUT2D eigenvalue weighted by molar-refractivity contribution is 0.561. The Morgan fingerprint density at radius 1 is 1.39 bits per heavy atom. The fraction of sp³-hybridized carbons (Fsp3) is 0.625. The average molecular weight is 354 g/mol. The van der Waals surface area contributed by atoms with Crippen molar-refractivity contribution in [1.82, 2.24) is 9.97 Å². The molecule has 23 heavy (non-hydrogen) atoms. The van der Waals surface area contributed by atoms with Crippen molar-refractivity contribution >= 4 is 31.4 Å². The summed E-state index contributed by atoms with van der Waals surface area (Å²) >= 11 is 1.48. The highest BCUT2D eigenvalue weighted by molar-refractivity contribution is 7.91. The predicted octanol–water partition coefficient (Wildman–Crippen LogP) is 2.96. The van der Waals surface area contributed by atoms with Crippen LogP contribution in [0.5, 0.6) is 0 Å². The molecular weight excluding hydrogens is 332 g/mol. The predicted molar refractivity (Wildman–Crippen MR) is 93.8 cm³/mol. The van der Waals surface area contributed by atoms with Crippen molar-refractivity contribution in [3.05, 3.63) is 26.6 Å². The number of rotatable bonds is 6. The van der Waals surface area contributed by atoms with Crippen molar-refractivity contribution in [1.29, 1.82) is 0 Å². The Morgan fingerprint density at radius 3 is 2.70 bits per heavy atom. The third-order valence-electron chi connectivity index (χ3n) is 4.53. The molecule has 2 aromatic heterocycles. The molecule has 0 aromatic carbocycles. The van der Waals surface area contributed by atoms with E-state index in [1.807, 2.05) is 6.92 Å². The smallest absolute Gasteiger partial charge is 0.259 e. The number of thiophene rings is 1. The summed E-state index contributed by atoms with van der Waals surface area (Å²) in [7, 11) is -3.18. The third-order valence-corrected chi connectivity index (χ3v) is 7.74. The molecular formula is C16H22N2O3S2. The van der Waals surface area contributed by atoms with E-state index in [1.54, 1.807) is 0 Å². The van der Waals surface area contributed by atoms with Crippen LogP contribution in [0.25, 0.3) is 10.2 Å². The minimum absolute atomic E-state index is 0.166. The van der Waals surface area contributed by atoms with E-state index < -0.39 is 9.84 Å². The van der Waals surface area contributed by atoms with Gasteiger partial charge in [-0.05, 0) is 37.7 Å². The molecule has 1 atom stereocenters. The van der Waals surface area contributed by atoms with Crippen molar-refractivity contribution in [3.8, 4) is 0 Å². The van der Waals surface area contributed by atoms with E-state index in [0.717, 1.165) is 36.1 Å². The summed E-state index contributed by atoms with van der Waals surface area (Å²) in [5.74, 6) is 0.604. The lowest BCUT2D eigenvalue weighted by Crippen LogP contribution is -2.17. The molecule has 7 heteroatoms. The Labute approximate surface area is 140 Å². The van der Waals surface area contributed by atoms with E-state index in [-0.39, 0.29) is 22.4 Å². The Morgan fingerprint density at radius 2 is 2.09 bits per heavy atom. The van der Waals surface area contributed by atoms with Crippen LogP contribution < -0.4 is 5.56 Å². The van der Waals surface area contributed by atoms with Gasteiger partial charge in [0.05, 0.1) is 10.6 Å². The molecule has 1 fully saturated rings. The van der Waals surface area contributed by atoms with E-state index in [1.165, 1.54) is 11.3 Å². The van der Waals surface area contributed by atoms with Crippen molar-refractivity contribution < 1.29 is 8.42 Å². The summed E-state index contributed by atoms with van der Waals surface area (Å²) in [5.41, 5.74) is 0.850. The highest BCUT2D eigenvalue weighted by Crippen LogP contribution is 2.32. The van der Waals surface area contributed by atoms with Gasteiger partial charge in [-0.15, -0.1) is 11.3 Å². The number of nitrogens with zero attached hydrogens (tertiary/aromatic N) is 1. The highest BCUT2D eigenvalue weighted by atomic mass is 32.2. The van der Waals surface area contributed by atoms with Gasteiger partial charge in [0.15, 0.2) is 9.84 Å². The minimum atomic E-state index is -3.18. The number of nitrogens with one attached hydrogen (secondary N) is 1. The lowest BCUT2D eigenvalue weighted by atomic mass is 9.98. The van der Waals surface area contributed by atoms with Gasteiger partial charge < -0.3 is 4.98 Å². The first-order valence-corrected chi connectivity index (χ1v) is 10.6. The van der Waals surface area contributed by atoms with E-state index >= 15 is 0 Å². The molecule has 2 heterocycles. The fourth-order valence-electron chi connectivity index (χ4n) is 2.76. The first-order chi connectivity index (χ1) is 10.8. The second-order valence-corrected chi connectivity index (χ2v) is 10.0. The number of aromatic amines is 1. The molecule has 1 N–H and O–H groups in total. The zero-order valence-corrected chi connectivity index (χ0v) is 15.3. The number of aromatic nitrogens is 2. The van der Waals surface area contributed by atoms with Crippen LogP contribution in [-0.2, 0) is 22.0 Å². The van der Waals surface area contributed by atoms with Crippen LogP contribution in [0.1, 0.15) is 49.4 Å². The van der Waals surface area contributed by atoms with Crippen LogP contribution in [0.2, 0.25) is 0 Å². The molecule has 0 aliphatic heterocycles. The second-order valence-electron chi connectivity index (χ2n) is 6.55. The summed E-state index contributed by atoms with van der Waals surface area (Å²) in [5, 5.41) is 0.398. The van der Waals surface area contributed by atoms with E-state index in [9.17, 15) is 13.2 Å². The summed E-state index contributed by atoms with van der Waals surface area (Å²) in [4.78, 5) is 21.4. The summed E-state index contributed by atoms with van der Waals surface area (Å²) in [6.07, 6.45) is 3.37. The maximum absolute atomic E-state index is 12.5. The van der Waals surface area contributed by atoms with E-state index in [4.69, 9.17) is 0 Å². The molecule has 2 aromatic rings. The maximum Gasteiger partial charge on any atom is 0.259 e. The van der Waals surface area contributed by atoms with Gasteiger partial charge >= 0.3 is 0 Å². The number of aryl methyl sites for hydroxylation is 1.